The van der Waals surface area contributed by atoms with Crippen LogP contribution < -0.4 is 9.80 Å². The summed E-state index contributed by atoms with van der Waals surface area (Å²) in [5.41, 5.74) is 0.992. The molecule has 0 bridgehead atoms. The zero-order valence-corrected chi connectivity index (χ0v) is 17.1. The maximum Gasteiger partial charge on any atom is 0.296 e. The third-order valence-electron chi connectivity index (χ3n) is 5.40. The van der Waals surface area contributed by atoms with E-state index in [2.05, 4.69) is 19.9 Å². The zero-order chi connectivity index (χ0) is 21.4. The summed E-state index contributed by atoms with van der Waals surface area (Å²) < 4.78 is 40.2. The highest BCUT2D eigenvalue weighted by Crippen LogP contribution is 2.28. The summed E-state index contributed by atoms with van der Waals surface area (Å²) in [6, 6.07) is 6.99. The second kappa shape index (κ2) is 8.31. The van der Waals surface area contributed by atoms with Crippen molar-refractivity contribution in [3.05, 3.63) is 30.1 Å². The largest absolute Gasteiger partial charge is 0.378 e. The summed E-state index contributed by atoms with van der Waals surface area (Å²) in [6.45, 7) is 6.11. The number of hydrogen-bond acceptors (Lipinski definition) is 8. The molecule has 5 rings (SSSR count). The number of nitrogens with zero attached hydrogens (tertiary/aromatic N) is 7. The van der Waals surface area contributed by atoms with Crippen molar-refractivity contribution in [3.8, 4) is 5.95 Å². The second-order valence-corrected chi connectivity index (χ2v) is 7.56. The van der Waals surface area contributed by atoms with Crippen molar-refractivity contribution in [2.75, 3.05) is 55.8 Å². The molecule has 2 aliphatic rings. The molecule has 3 aromatic rings. The van der Waals surface area contributed by atoms with E-state index in [-0.39, 0.29) is 17.9 Å². The van der Waals surface area contributed by atoms with Crippen LogP contribution in [0.3, 0.4) is 0 Å². The maximum atomic E-state index is 13.9. The number of rotatable bonds is 4. The normalized spacial score (nSPS) is 20.1. The van der Waals surface area contributed by atoms with Gasteiger partial charge in [0.1, 0.15) is 0 Å². The molecule has 1 aromatic carbocycles. The van der Waals surface area contributed by atoms with E-state index in [0.717, 1.165) is 0 Å². The lowest BCUT2D eigenvalue weighted by Gasteiger charge is -2.32. The quantitative estimate of drug-likeness (QED) is 0.622. The minimum atomic E-state index is -2.78. The summed E-state index contributed by atoms with van der Waals surface area (Å²) in [5.74, 6) is 0.636. The number of hydrogen-bond donors (Lipinski definition) is 0. The Hall–Kier alpha value is -2.92. The molecule has 31 heavy (non-hydrogen) atoms. The van der Waals surface area contributed by atoms with Crippen LogP contribution in [0.2, 0.25) is 0 Å². The summed E-state index contributed by atoms with van der Waals surface area (Å²) in [6.07, 6.45) is -2.76. The highest BCUT2D eigenvalue weighted by atomic mass is 19.3. The third kappa shape index (κ3) is 3.90. The Kier molecular flexibility index (Phi) is 5.36. The van der Waals surface area contributed by atoms with Crippen molar-refractivity contribution in [1.29, 1.82) is 0 Å². The van der Waals surface area contributed by atoms with Gasteiger partial charge >= 0.3 is 0 Å². The van der Waals surface area contributed by atoms with Gasteiger partial charge in [0.25, 0.3) is 6.43 Å². The van der Waals surface area contributed by atoms with Crippen molar-refractivity contribution in [2.45, 2.75) is 19.5 Å². The summed E-state index contributed by atoms with van der Waals surface area (Å²) in [5, 5.41) is 0. The van der Waals surface area contributed by atoms with Crippen LogP contribution in [-0.4, -0.2) is 76.6 Å². The van der Waals surface area contributed by atoms with Crippen LogP contribution in [0, 0.1) is 0 Å². The van der Waals surface area contributed by atoms with Gasteiger partial charge in [0.15, 0.2) is 5.82 Å². The van der Waals surface area contributed by atoms with Gasteiger partial charge in [-0.1, -0.05) is 12.1 Å². The van der Waals surface area contributed by atoms with E-state index in [0.29, 0.717) is 68.9 Å². The number of fused-ring (bicyclic) bond motifs is 1. The summed E-state index contributed by atoms with van der Waals surface area (Å²) in [7, 11) is 0. The van der Waals surface area contributed by atoms with Crippen LogP contribution in [0.15, 0.2) is 24.3 Å². The Morgan fingerprint density at radius 2 is 1.58 bits per heavy atom. The Morgan fingerprint density at radius 1 is 0.903 bits per heavy atom. The molecule has 0 N–H and O–H groups in total. The van der Waals surface area contributed by atoms with E-state index in [9.17, 15) is 8.78 Å². The Labute approximate surface area is 177 Å². The van der Waals surface area contributed by atoms with Crippen molar-refractivity contribution in [1.82, 2.24) is 24.5 Å². The molecule has 11 heteroatoms. The first-order valence-corrected chi connectivity index (χ1v) is 10.3. The minimum Gasteiger partial charge on any atom is -0.378 e. The fourth-order valence-electron chi connectivity index (χ4n) is 3.89. The van der Waals surface area contributed by atoms with Crippen molar-refractivity contribution in [2.24, 2.45) is 0 Å². The topological polar surface area (TPSA) is 81.4 Å². The van der Waals surface area contributed by atoms with Gasteiger partial charge in [0, 0.05) is 26.2 Å². The van der Waals surface area contributed by atoms with Gasteiger partial charge in [0.2, 0.25) is 17.8 Å². The van der Waals surface area contributed by atoms with Crippen molar-refractivity contribution < 1.29 is 18.3 Å². The van der Waals surface area contributed by atoms with Crippen LogP contribution in [0.5, 0.6) is 0 Å². The van der Waals surface area contributed by atoms with Gasteiger partial charge < -0.3 is 19.3 Å². The van der Waals surface area contributed by atoms with Gasteiger partial charge in [-0.2, -0.15) is 15.0 Å². The number of benzene rings is 1. The Balaban J connectivity index is 1.67. The first kappa shape index (κ1) is 20.0. The Bertz CT molecular complexity index is 1070. The second-order valence-electron chi connectivity index (χ2n) is 7.56. The lowest BCUT2D eigenvalue weighted by Crippen LogP contribution is -2.43. The molecular formula is C20H23F2N7O2. The van der Waals surface area contributed by atoms with Gasteiger partial charge in [-0.15, -0.1) is 0 Å². The van der Waals surface area contributed by atoms with Crippen LogP contribution in [0.1, 0.15) is 19.2 Å². The van der Waals surface area contributed by atoms with E-state index in [1.165, 1.54) is 4.57 Å². The molecule has 0 saturated carbocycles. The number of para-hydroxylation sites is 2. The molecule has 0 radical (unpaired) electrons. The molecule has 2 saturated heterocycles. The molecule has 2 aliphatic heterocycles. The minimum absolute atomic E-state index is 0.0199. The van der Waals surface area contributed by atoms with Crippen molar-refractivity contribution in [3.63, 3.8) is 0 Å². The highest BCUT2D eigenvalue weighted by molar-refractivity contribution is 5.77. The SMILES string of the molecule is CC1CN(c2nc(N3CCOCC3)nc(-n3c(C(F)F)nc4ccccc43)n2)CCO1. The van der Waals surface area contributed by atoms with Gasteiger partial charge in [-0.25, -0.2) is 13.8 Å². The molecule has 9 nitrogen and oxygen atoms in total. The first-order chi connectivity index (χ1) is 15.1. The summed E-state index contributed by atoms with van der Waals surface area (Å²) >= 11 is 0. The molecule has 1 unspecified atom stereocenters. The molecule has 164 valence electrons. The van der Waals surface area contributed by atoms with Crippen LogP contribution in [0.4, 0.5) is 20.7 Å². The van der Waals surface area contributed by atoms with Gasteiger partial charge in [0.05, 0.1) is 37.0 Å². The highest BCUT2D eigenvalue weighted by Gasteiger charge is 2.26. The third-order valence-corrected chi connectivity index (χ3v) is 5.40. The fourth-order valence-corrected chi connectivity index (χ4v) is 3.89. The molecule has 2 fully saturated rings. The number of alkyl halides is 2. The van der Waals surface area contributed by atoms with E-state index >= 15 is 0 Å². The molecule has 1 atom stereocenters. The fraction of sp³-hybridized carbons (Fsp3) is 0.500. The standard InChI is InChI=1S/C20H23F2N7O2/c1-13-12-28(8-11-31-13)19-24-18(27-6-9-30-10-7-27)25-20(26-19)29-15-5-3-2-4-14(15)23-17(29)16(21)22/h2-5,13,16H,6-12H2,1H3. The van der Waals surface area contributed by atoms with E-state index in [1.807, 2.05) is 16.7 Å². The number of aromatic nitrogens is 5. The average Bonchev–Trinajstić information content (AvgIpc) is 3.19. The lowest BCUT2D eigenvalue weighted by atomic mass is 10.3. The predicted octanol–water partition coefficient (Wildman–Crippen LogP) is 2.21. The molecule has 4 heterocycles. The molecule has 0 aliphatic carbocycles. The maximum absolute atomic E-state index is 13.9. The van der Waals surface area contributed by atoms with E-state index < -0.39 is 6.43 Å². The molecule has 2 aromatic heterocycles. The Morgan fingerprint density at radius 3 is 2.32 bits per heavy atom. The van der Waals surface area contributed by atoms with Crippen LogP contribution >= 0.6 is 0 Å². The van der Waals surface area contributed by atoms with E-state index in [1.54, 1.807) is 24.3 Å². The predicted molar refractivity (Wildman–Crippen MR) is 110 cm³/mol. The number of morpholine rings is 2. The number of halogens is 2. The van der Waals surface area contributed by atoms with E-state index in [4.69, 9.17) is 9.47 Å². The van der Waals surface area contributed by atoms with Gasteiger partial charge in [-0.05, 0) is 19.1 Å². The molecule has 0 spiro atoms. The summed E-state index contributed by atoms with van der Waals surface area (Å²) in [4.78, 5) is 22.0. The van der Waals surface area contributed by atoms with Crippen LogP contribution in [-0.2, 0) is 9.47 Å². The monoisotopic (exact) mass is 431 g/mol. The first-order valence-electron chi connectivity index (χ1n) is 10.3. The smallest absolute Gasteiger partial charge is 0.296 e. The zero-order valence-electron chi connectivity index (χ0n) is 17.1. The van der Waals surface area contributed by atoms with Crippen LogP contribution in [0.25, 0.3) is 17.0 Å². The lowest BCUT2D eigenvalue weighted by molar-refractivity contribution is 0.0526. The van der Waals surface area contributed by atoms with Gasteiger partial charge in [-0.3, -0.25) is 4.57 Å². The number of anilines is 2. The average molecular weight is 431 g/mol. The molecular weight excluding hydrogens is 408 g/mol. The number of ether oxygens (including phenoxy) is 2. The van der Waals surface area contributed by atoms with Crippen molar-refractivity contribution >= 4 is 22.9 Å². The number of imidazole rings is 1. The molecule has 0 amide bonds.